The Hall–Kier alpha value is -2.00. The first-order valence-corrected chi connectivity index (χ1v) is 4.10. The molecule has 0 amide bonds. The number of ether oxygens (including phenoxy) is 1. The van der Waals surface area contributed by atoms with E-state index in [1.807, 2.05) is 0 Å². The zero-order valence-corrected chi connectivity index (χ0v) is 8.15. The van der Waals surface area contributed by atoms with Crippen molar-refractivity contribution in [1.82, 2.24) is 4.98 Å². The van der Waals surface area contributed by atoms with Crippen LogP contribution in [0.4, 0.5) is 26.3 Å². The molecule has 0 aromatic carbocycles. The second-order valence-corrected chi connectivity index (χ2v) is 2.93. The van der Waals surface area contributed by atoms with Crippen molar-refractivity contribution < 1.29 is 35.9 Å². The first kappa shape index (κ1) is 14.1. The van der Waals surface area contributed by atoms with Crippen LogP contribution in [-0.2, 0) is 6.18 Å². The molecule has 0 aliphatic heterocycles. The van der Waals surface area contributed by atoms with Crippen LogP contribution in [0, 0.1) is 0 Å². The van der Waals surface area contributed by atoms with Crippen LogP contribution < -0.4 is 10.2 Å². The van der Waals surface area contributed by atoms with Gasteiger partial charge in [0, 0.05) is 6.20 Å². The number of alkyl halides is 6. The quantitative estimate of drug-likeness (QED) is 0.664. The van der Waals surface area contributed by atoms with Gasteiger partial charge in [0.05, 0.1) is 5.69 Å². The molecule has 0 saturated heterocycles. The predicted octanol–water partition coefficient (Wildman–Crippen LogP) is 2.10. The Morgan fingerprint density at radius 3 is 2.11 bits per heavy atom. The predicted molar refractivity (Wildman–Crippen MR) is 44.1 cm³/mol. The number of aldehydes is 1. The van der Waals surface area contributed by atoms with E-state index in [9.17, 15) is 35.9 Å². The van der Waals surface area contributed by atoms with Crippen LogP contribution in [0.15, 0.2) is 11.0 Å². The summed E-state index contributed by atoms with van der Waals surface area (Å²) in [5.74, 6) is -1.60. The highest BCUT2D eigenvalue weighted by atomic mass is 19.4. The third-order valence-corrected chi connectivity index (χ3v) is 1.71. The Bertz CT molecular complexity index is 515. The number of aromatic amines is 1. The van der Waals surface area contributed by atoms with E-state index in [1.165, 1.54) is 0 Å². The maximum Gasteiger partial charge on any atom is 0.573 e. The fourth-order valence-corrected chi connectivity index (χ4v) is 1.10. The van der Waals surface area contributed by atoms with E-state index < -0.39 is 35.0 Å². The molecule has 1 rings (SSSR count). The number of aromatic nitrogens is 1. The molecule has 1 aromatic heterocycles. The Labute approximate surface area is 94.2 Å². The summed E-state index contributed by atoms with van der Waals surface area (Å²) in [4.78, 5) is 23.1. The average Bonchev–Trinajstić information content (AvgIpc) is 2.16. The fraction of sp³-hybridized carbons (Fsp3) is 0.250. The van der Waals surface area contributed by atoms with E-state index in [-0.39, 0.29) is 12.5 Å². The molecule has 0 radical (unpaired) electrons. The molecule has 0 spiro atoms. The van der Waals surface area contributed by atoms with Gasteiger partial charge in [-0.1, -0.05) is 0 Å². The van der Waals surface area contributed by atoms with E-state index in [2.05, 4.69) is 4.74 Å². The molecule has 10 heteroatoms. The lowest BCUT2D eigenvalue weighted by molar-refractivity contribution is -0.275. The number of nitrogens with one attached hydrogen (secondary N) is 1. The largest absolute Gasteiger partial charge is 0.573 e. The van der Waals surface area contributed by atoms with Crippen LogP contribution in [0.1, 0.15) is 16.1 Å². The summed E-state index contributed by atoms with van der Waals surface area (Å²) in [5.41, 5.74) is -5.29. The summed E-state index contributed by atoms with van der Waals surface area (Å²) < 4.78 is 75.7. The van der Waals surface area contributed by atoms with Crippen molar-refractivity contribution in [2.24, 2.45) is 0 Å². The molecule has 0 fully saturated rings. The van der Waals surface area contributed by atoms with Gasteiger partial charge >= 0.3 is 12.5 Å². The molecule has 1 N–H and O–H groups in total. The van der Waals surface area contributed by atoms with E-state index in [1.54, 1.807) is 4.98 Å². The highest BCUT2D eigenvalue weighted by molar-refractivity contribution is 5.74. The lowest BCUT2D eigenvalue weighted by Crippen LogP contribution is -2.28. The molecule has 1 aromatic rings. The number of hydrogen-bond acceptors (Lipinski definition) is 3. The summed E-state index contributed by atoms with van der Waals surface area (Å²) >= 11 is 0. The van der Waals surface area contributed by atoms with Gasteiger partial charge in [0.1, 0.15) is 5.56 Å². The van der Waals surface area contributed by atoms with Crippen molar-refractivity contribution in [3.05, 3.63) is 27.7 Å². The van der Waals surface area contributed by atoms with Crippen molar-refractivity contribution in [3.8, 4) is 5.75 Å². The van der Waals surface area contributed by atoms with Crippen LogP contribution in [-0.4, -0.2) is 17.6 Å². The second kappa shape index (κ2) is 4.35. The number of carbonyl (C=O) groups excluding carboxylic acids is 1. The molecule has 0 saturated carbocycles. The Morgan fingerprint density at radius 1 is 1.17 bits per heavy atom. The van der Waals surface area contributed by atoms with Gasteiger partial charge in [-0.2, -0.15) is 13.2 Å². The number of carbonyl (C=O) groups is 1. The molecular weight excluding hydrogens is 272 g/mol. The smallest absolute Gasteiger partial charge is 0.400 e. The van der Waals surface area contributed by atoms with Crippen molar-refractivity contribution in [1.29, 1.82) is 0 Å². The molecule has 4 nitrogen and oxygen atoms in total. The van der Waals surface area contributed by atoms with E-state index >= 15 is 0 Å². The van der Waals surface area contributed by atoms with Crippen LogP contribution in [0.3, 0.4) is 0 Å². The number of rotatable bonds is 2. The zero-order chi connectivity index (χ0) is 14.1. The molecular formula is C8H3F6NO3. The molecule has 0 aliphatic rings. The molecule has 0 bridgehead atoms. The zero-order valence-electron chi connectivity index (χ0n) is 8.15. The van der Waals surface area contributed by atoms with Crippen LogP contribution in [0.5, 0.6) is 5.75 Å². The van der Waals surface area contributed by atoms with Crippen LogP contribution >= 0.6 is 0 Å². The van der Waals surface area contributed by atoms with Gasteiger partial charge in [-0.05, 0) is 0 Å². The van der Waals surface area contributed by atoms with Gasteiger partial charge < -0.3 is 9.72 Å². The van der Waals surface area contributed by atoms with Crippen molar-refractivity contribution in [2.45, 2.75) is 12.5 Å². The summed E-state index contributed by atoms with van der Waals surface area (Å²) in [6.45, 7) is 0. The van der Waals surface area contributed by atoms with Gasteiger partial charge in [-0.15, -0.1) is 13.2 Å². The van der Waals surface area contributed by atoms with Gasteiger partial charge in [0.15, 0.2) is 12.0 Å². The molecule has 0 aliphatic carbocycles. The van der Waals surface area contributed by atoms with Gasteiger partial charge in [-0.25, -0.2) is 0 Å². The maximum absolute atomic E-state index is 12.4. The third kappa shape index (κ3) is 3.02. The maximum atomic E-state index is 12.4. The van der Waals surface area contributed by atoms with E-state index in [4.69, 9.17) is 0 Å². The minimum Gasteiger partial charge on any atom is -0.400 e. The number of H-pyrrole nitrogens is 1. The first-order valence-electron chi connectivity index (χ1n) is 4.10. The van der Waals surface area contributed by atoms with Crippen LogP contribution in [0.2, 0.25) is 0 Å². The second-order valence-electron chi connectivity index (χ2n) is 2.93. The molecule has 100 valence electrons. The standard InChI is InChI=1S/C8H3F6NO3/c9-7(10,11)5-3(2-16)15-1-4(6(5)17)18-8(12,13)14/h1-2H,(H,15,17). The number of pyridine rings is 1. The Balaban J connectivity index is 3.45. The minimum absolute atomic E-state index is 0.231. The Morgan fingerprint density at radius 2 is 1.72 bits per heavy atom. The van der Waals surface area contributed by atoms with Crippen molar-refractivity contribution in [3.63, 3.8) is 0 Å². The molecule has 18 heavy (non-hydrogen) atoms. The Kier molecular flexibility index (Phi) is 3.40. The fourth-order valence-electron chi connectivity index (χ4n) is 1.10. The number of halogens is 6. The number of hydrogen-bond donors (Lipinski definition) is 1. The first-order chi connectivity index (χ1) is 8.06. The van der Waals surface area contributed by atoms with Crippen molar-refractivity contribution in [2.75, 3.05) is 0 Å². The van der Waals surface area contributed by atoms with Gasteiger partial charge in [-0.3, -0.25) is 9.59 Å². The van der Waals surface area contributed by atoms with E-state index in [0.29, 0.717) is 0 Å². The summed E-state index contributed by atoms with van der Waals surface area (Å²) in [7, 11) is 0. The molecule has 0 atom stereocenters. The van der Waals surface area contributed by atoms with Gasteiger partial charge in [0.2, 0.25) is 5.43 Å². The molecule has 0 unspecified atom stereocenters. The minimum atomic E-state index is -5.32. The van der Waals surface area contributed by atoms with E-state index in [0.717, 1.165) is 0 Å². The highest BCUT2D eigenvalue weighted by Crippen LogP contribution is 2.30. The van der Waals surface area contributed by atoms with Gasteiger partial charge in [0.25, 0.3) is 0 Å². The third-order valence-electron chi connectivity index (χ3n) is 1.71. The monoisotopic (exact) mass is 275 g/mol. The lowest BCUT2D eigenvalue weighted by Gasteiger charge is -2.12. The molecule has 1 heterocycles. The topological polar surface area (TPSA) is 59.2 Å². The average molecular weight is 275 g/mol. The lowest BCUT2D eigenvalue weighted by atomic mass is 10.2. The summed E-state index contributed by atoms with van der Waals surface area (Å²) in [6, 6.07) is 0. The summed E-state index contributed by atoms with van der Waals surface area (Å²) in [6.07, 6.45) is -10.7. The van der Waals surface area contributed by atoms with Crippen LogP contribution in [0.25, 0.3) is 0 Å². The highest BCUT2D eigenvalue weighted by Gasteiger charge is 2.40. The normalized spacial score (nSPS) is 12.3. The van der Waals surface area contributed by atoms with Crippen molar-refractivity contribution >= 4 is 6.29 Å². The SMILES string of the molecule is O=Cc1[nH]cc(OC(F)(F)F)c(=O)c1C(F)(F)F. The summed E-state index contributed by atoms with van der Waals surface area (Å²) in [5, 5.41) is 0.